The van der Waals surface area contributed by atoms with E-state index in [0.29, 0.717) is 13.2 Å². The Morgan fingerprint density at radius 3 is 2.26 bits per heavy atom. The van der Waals surface area contributed by atoms with E-state index < -0.39 is 5.97 Å². The Bertz CT molecular complexity index is 1180. The standard InChI is InChI=1S/C30H37N3O4.C4H10.C2H6/c1-4-5-6-9-25-12-13-26(30(35)36)19-28(25)33(21-29(34)32(2)3)20-23-10-14-27(15-11-23)37-22-24-8-7-17-31-18-16-24;1-3-4-2;1-2/h7-8,10-15,17-19H,4-6,9,16,20-22H2,1-3H3,(H,35,36);3-4H2,1-2H3;1-2H3. The average Bonchev–Trinajstić information content (AvgIpc) is 3.30. The summed E-state index contributed by atoms with van der Waals surface area (Å²) in [5, 5.41) is 9.62. The van der Waals surface area contributed by atoms with Crippen LogP contribution in [0.15, 0.2) is 71.4 Å². The molecule has 43 heavy (non-hydrogen) atoms. The molecule has 0 fully saturated rings. The predicted molar refractivity (Wildman–Crippen MR) is 181 cm³/mol. The van der Waals surface area contributed by atoms with E-state index in [9.17, 15) is 14.7 Å². The van der Waals surface area contributed by atoms with Gasteiger partial charge in [0, 0.05) is 45.2 Å². The molecule has 1 amide bonds. The van der Waals surface area contributed by atoms with Crippen LogP contribution < -0.4 is 9.64 Å². The van der Waals surface area contributed by atoms with Crippen LogP contribution in [0.1, 0.15) is 94.6 Å². The van der Waals surface area contributed by atoms with E-state index in [0.717, 1.165) is 60.2 Å². The molecule has 0 aliphatic carbocycles. The minimum atomic E-state index is -0.979. The number of amides is 1. The smallest absolute Gasteiger partial charge is 0.335 e. The highest BCUT2D eigenvalue weighted by atomic mass is 16.5. The van der Waals surface area contributed by atoms with Gasteiger partial charge < -0.3 is 19.6 Å². The maximum atomic E-state index is 12.7. The fourth-order valence-electron chi connectivity index (χ4n) is 4.02. The number of benzene rings is 2. The van der Waals surface area contributed by atoms with Crippen molar-refractivity contribution in [2.24, 2.45) is 4.99 Å². The van der Waals surface area contributed by atoms with Crippen LogP contribution in [0.4, 0.5) is 5.69 Å². The molecule has 0 bridgehead atoms. The molecule has 236 valence electrons. The summed E-state index contributed by atoms with van der Waals surface area (Å²) >= 11 is 0. The molecular formula is C36H53N3O4. The Balaban J connectivity index is 0.00000142. The number of nitrogens with zero attached hydrogens (tertiary/aromatic N) is 3. The van der Waals surface area contributed by atoms with E-state index in [-0.39, 0.29) is 18.0 Å². The summed E-state index contributed by atoms with van der Waals surface area (Å²) in [4.78, 5) is 32.2. The van der Waals surface area contributed by atoms with Gasteiger partial charge in [-0.25, -0.2) is 4.79 Å². The minimum Gasteiger partial charge on any atom is -0.489 e. The van der Waals surface area contributed by atoms with Gasteiger partial charge in [0.25, 0.3) is 0 Å². The number of ether oxygens (including phenoxy) is 1. The zero-order valence-corrected chi connectivity index (χ0v) is 27.4. The topological polar surface area (TPSA) is 82.4 Å². The van der Waals surface area contributed by atoms with Crippen molar-refractivity contribution in [3.63, 3.8) is 0 Å². The van der Waals surface area contributed by atoms with Gasteiger partial charge in [-0.1, -0.05) is 84.6 Å². The molecule has 7 nitrogen and oxygen atoms in total. The fraction of sp³-hybridized carbons (Fsp3) is 0.472. The molecule has 7 heteroatoms. The van der Waals surface area contributed by atoms with E-state index in [4.69, 9.17) is 4.74 Å². The first-order valence-electron chi connectivity index (χ1n) is 15.7. The third-order valence-electron chi connectivity index (χ3n) is 6.73. The number of allylic oxidation sites excluding steroid dienone is 2. The molecule has 0 aromatic heterocycles. The SMILES string of the molecule is CC.CCCC.CCCCCc1ccc(C(=O)O)cc1N(CC(=O)N(C)C)Cc1ccc(OCC2=CC=CN=CC2)cc1. The number of aryl methyl sites for hydroxylation is 1. The van der Waals surface area contributed by atoms with Crippen LogP contribution in [0, 0.1) is 0 Å². The van der Waals surface area contributed by atoms with Crippen molar-refractivity contribution < 1.29 is 19.4 Å². The number of carbonyl (C=O) groups is 2. The lowest BCUT2D eigenvalue weighted by Gasteiger charge is -2.28. The molecule has 0 spiro atoms. The first-order chi connectivity index (χ1) is 20.8. The molecule has 0 saturated carbocycles. The van der Waals surface area contributed by atoms with Gasteiger partial charge in [-0.05, 0) is 59.9 Å². The first-order valence-corrected chi connectivity index (χ1v) is 15.7. The molecule has 0 radical (unpaired) electrons. The van der Waals surface area contributed by atoms with Crippen molar-refractivity contribution in [3.8, 4) is 5.75 Å². The molecule has 3 rings (SSSR count). The van der Waals surface area contributed by atoms with Crippen molar-refractivity contribution in [3.05, 3.63) is 83.1 Å². The predicted octanol–water partition coefficient (Wildman–Crippen LogP) is 8.34. The Kier molecular flexibility index (Phi) is 18.8. The number of anilines is 1. The Morgan fingerprint density at radius 2 is 1.65 bits per heavy atom. The monoisotopic (exact) mass is 591 g/mol. The molecule has 2 aromatic rings. The van der Waals surface area contributed by atoms with Gasteiger partial charge in [0.05, 0.1) is 12.1 Å². The van der Waals surface area contributed by atoms with Crippen molar-refractivity contribution in [1.29, 1.82) is 0 Å². The number of hydrogen-bond donors (Lipinski definition) is 1. The van der Waals surface area contributed by atoms with E-state index in [1.807, 2.05) is 67.4 Å². The molecule has 1 aliphatic heterocycles. The lowest BCUT2D eigenvalue weighted by atomic mass is 10.0. The zero-order chi connectivity index (χ0) is 32.0. The number of hydrogen-bond acceptors (Lipinski definition) is 5. The Labute approximate surface area is 260 Å². The third kappa shape index (κ3) is 14.2. The maximum absolute atomic E-state index is 12.7. The van der Waals surface area contributed by atoms with Gasteiger partial charge in [0.2, 0.25) is 5.91 Å². The van der Waals surface area contributed by atoms with Crippen molar-refractivity contribution in [2.75, 3.05) is 32.1 Å². The summed E-state index contributed by atoms with van der Waals surface area (Å²) < 4.78 is 5.95. The maximum Gasteiger partial charge on any atom is 0.335 e. The molecule has 2 aromatic carbocycles. The summed E-state index contributed by atoms with van der Waals surface area (Å²) in [6, 6.07) is 13.1. The van der Waals surface area contributed by atoms with Gasteiger partial charge in [-0.3, -0.25) is 9.79 Å². The van der Waals surface area contributed by atoms with Crippen molar-refractivity contribution in [2.45, 2.75) is 86.1 Å². The second-order valence-electron chi connectivity index (χ2n) is 10.4. The van der Waals surface area contributed by atoms with Crippen LogP contribution >= 0.6 is 0 Å². The number of rotatable bonds is 14. The Morgan fingerprint density at radius 1 is 0.953 bits per heavy atom. The number of carbonyl (C=O) groups excluding carboxylic acids is 1. The number of aromatic carboxylic acids is 1. The van der Waals surface area contributed by atoms with Gasteiger partial charge in [-0.2, -0.15) is 0 Å². The summed E-state index contributed by atoms with van der Waals surface area (Å²) in [6.07, 6.45) is 15.0. The average molecular weight is 592 g/mol. The molecule has 0 saturated heterocycles. The number of likely N-dealkylation sites (N-methyl/N-ethyl adjacent to an activating group) is 1. The summed E-state index contributed by atoms with van der Waals surface area (Å²) in [7, 11) is 3.46. The van der Waals surface area contributed by atoms with E-state index >= 15 is 0 Å². The lowest BCUT2D eigenvalue weighted by molar-refractivity contribution is -0.127. The number of unbranched alkanes of at least 4 members (excludes halogenated alkanes) is 3. The van der Waals surface area contributed by atoms with Crippen LogP contribution in [-0.4, -0.2) is 55.3 Å². The number of aliphatic imine (C=N–C) groups is 1. The quantitative estimate of drug-likeness (QED) is 0.223. The van der Waals surface area contributed by atoms with Gasteiger partial charge in [-0.15, -0.1) is 0 Å². The molecule has 1 heterocycles. The highest BCUT2D eigenvalue weighted by Crippen LogP contribution is 2.27. The largest absolute Gasteiger partial charge is 0.489 e. The number of carboxylic acid groups (broad SMARTS) is 1. The van der Waals surface area contributed by atoms with E-state index in [1.54, 1.807) is 37.3 Å². The van der Waals surface area contributed by atoms with Crippen LogP contribution in [0.25, 0.3) is 0 Å². The zero-order valence-electron chi connectivity index (χ0n) is 27.4. The highest BCUT2D eigenvalue weighted by Gasteiger charge is 2.19. The summed E-state index contributed by atoms with van der Waals surface area (Å²) in [5.41, 5.74) is 4.21. The first kappa shape index (κ1) is 37.2. The van der Waals surface area contributed by atoms with Crippen LogP contribution in [-0.2, 0) is 17.8 Å². The second kappa shape index (κ2) is 21.8. The van der Waals surface area contributed by atoms with E-state index in [1.165, 1.54) is 12.8 Å². The van der Waals surface area contributed by atoms with Crippen LogP contribution in [0.2, 0.25) is 0 Å². The minimum absolute atomic E-state index is 0.0468. The van der Waals surface area contributed by atoms with Crippen LogP contribution in [0.5, 0.6) is 5.75 Å². The summed E-state index contributed by atoms with van der Waals surface area (Å²) in [5.74, 6) is -0.263. The molecular weight excluding hydrogens is 538 g/mol. The van der Waals surface area contributed by atoms with E-state index in [2.05, 4.69) is 25.8 Å². The summed E-state index contributed by atoms with van der Waals surface area (Å²) in [6.45, 7) is 11.6. The molecule has 0 unspecified atom stereocenters. The molecule has 1 aliphatic rings. The lowest BCUT2D eigenvalue weighted by Crippen LogP contribution is -2.37. The Hall–Kier alpha value is -3.87. The van der Waals surface area contributed by atoms with Gasteiger partial charge in [0.1, 0.15) is 12.4 Å². The fourth-order valence-corrected chi connectivity index (χ4v) is 4.02. The van der Waals surface area contributed by atoms with Crippen molar-refractivity contribution >= 4 is 23.8 Å². The normalized spacial score (nSPS) is 11.7. The second-order valence-corrected chi connectivity index (χ2v) is 10.4. The molecule has 1 N–H and O–H groups in total. The van der Waals surface area contributed by atoms with Crippen LogP contribution in [0.3, 0.4) is 0 Å². The number of carboxylic acids is 1. The highest BCUT2D eigenvalue weighted by molar-refractivity contribution is 5.90. The van der Waals surface area contributed by atoms with Gasteiger partial charge in [0.15, 0.2) is 0 Å². The third-order valence-corrected chi connectivity index (χ3v) is 6.73. The van der Waals surface area contributed by atoms with Gasteiger partial charge >= 0.3 is 5.97 Å². The van der Waals surface area contributed by atoms with Crippen molar-refractivity contribution in [1.82, 2.24) is 4.90 Å². The molecule has 0 atom stereocenters.